The molecule has 0 aliphatic rings. The minimum Gasteiger partial charge on any atom is -0.871 e. The normalized spacial score (nSPS) is 10.6. The van der Waals surface area contributed by atoms with Crippen LogP contribution in [-0.4, -0.2) is 27.1 Å². The zero-order chi connectivity index (χ0) is 44.2. The molecule has 0 fully saturated rings. The van der Waals surface area contributed by atoms with Crippen LogP contribution in [0.4, 0.5) is 0 Å². The molecule has 7 rings (SSSR count). The molecule has 0 amide bonds. The van der Waals surface area contributed by atoms with Crippen LogP contribution in [0.25, 0.3) is 0 Å². The summed E-state index contributed by atoms with van der Waals surface area (Å²) in [7, 11) is -2.23. The Labute approximate surface area is 367 Å². The van der Waals surface area contributed by atoms with Gasteiger partial charge in [-0.25, -0.2) is 0 Å². The number of nitrogens with zero attached hydrogens (tertiary/aromatic N) is 2. The Kier molecular flexibility index (Phi) is 18.1. The van der Waals surface area contributed by atoms with E-state index < -0.39 is 7.32 Å². The van der Waals surface area contributed by atoms with Crippen molar-refractivity contribution in [2.75, 3.05) is 19.8 Å². The lowest BCUT2D eigenvalue weighted by molar-refractivity contribution is -0.892. The molecule has 0 unspecified atom stereocenters. The van der Waals surface area contributed by atoms with Gasteiger partial charge in [-0.3, -0.25) is 9.68 Å². The van der Waals surface area contributed by atoms with Crippen LogP contribution in [0.2, 0.25) is 0 Å². The molecular formula is C52H57BN2O7. The van der Waals surface area contributed by atoms with E-state index in [1.807, 2.05) is 157 Å². The van der Waals surface area contributed by atoms with Gasteiger partial charge in [-0.05, 0) is 118 Å². The van der Waals surface area contributed by atoms with Crippen LogP contribution in [0.3, 0.4) is 0 Å². The molecule has 0 aliphatic heterocycles. The molecule has 2 heterocycles. The summed E-state index contributed by atoms with van der Waals surface area (Å²) in [6.07, 6.45) is 5.02. The first-order valence-corrected chi connectivity index (χ1v) is 21.0. The van der Waals surface area contributed by atoms with Crippen LogP contribution < -0.4 is 38.7 Å². The average molecular weight is 833 g/mol. The average Bonchev–Trinajstić information content (AvgIpc) is 3.29. The molecule has 7 aromatic rings. The second-order valence-corrected chi connectivity index (χ2v) is 14.6. The van der Waals surface area contributed by atoms with E-state index in [4.69, 9.17) is 23.8 Å². The third-order valence-electron chi connectivity index (χ3n) is 9.98. The van der Waals surface area contributed by atoms with Gasteiger partial charge in [0.25, 0.3) is 0 Å². The summed E-state index contributed by atoms with van der Waals surface area (Å²) in [5.41, 5.74) is 7.73. The molecule has 9 nitrogen and oxygen atoms in total. The lowest BCUT2D eigenvalue weighted by Crippen LogP contribution is -2.48. The second-order valence-electron chi connectivity index (χ2n) is 14.6. The highest BCUT2D eigenvalue weighted by Crippen LogP contribution is 2.43. The molecule has 0 radical (unpaired) electrons. The minimum atomic E-state index is -2.23. The number of hydrogen-bond donors (Lipinski definition) is 0. The van der Waals surface area contributed by atoms with Crippen LogP contribution in [0, 0.1) is 27.7 Å². The van der Waals surface area contributed by atoms with Crippen molar-refractivity contribution in [3.63, 3.8) is 0 Å². The van der Waals surface area contributed by atoms with Gasteiger partial charge < -0.3 is 24.2 Å². The molecule has 0 saturated heterocycles. The van der Waals surface area contributed by atoms with Crippen LogP contribution in [-0.2, 0) is 10.1 Å². The van der Waals surface area contributed by atoms with Gasteiger partial charge in [0.1, 0.15) is 11.5 Å². The number of aromatic nitrogens is 2. The Morgan fingerprint density at radius 2 is 0.887 bits per heavy atom. The SMILES string of the molecule is CCO[n+]1ccccc1Oc1cc(C)ccc1C.CCO[n+]1ccccc1Oc1cc(C)ccc1C.[O-]B([O-])OCCCC(c1ccccc1)(c1ccccc1)c1ccccc1. The van der Waals surface area contributed by atoms with Gasteiger partial charge in [-0.2, -0.15) is 0 Å². The van der Waals surface area contributed by atoms with Gasteiger partial charge in [0, 0.05) is 33.6 Å². The fraction of sp³-hybridized carbons (Fsp3) is 0.231. The molecule has 10 heteroatoms. The predicted octanol–water partition coefficient (Wildman–Crippen LogP) is 8.19. The van der Waals surface area contributed by atoms with E-state index in [0.29, 0.717) is 31.4 Å². The standard InChI is InChI=1S/C22H21BO3.2C15H18NO2/c24-23(25)26-18-10-17-22(19-11-4-1-5-12-19,20-13-6-2-7-14-20)21-15-8-3-9-16-21;2*1-4-17-16-10-6-5-7-15(16)18-14-11-12(2)8-9-13(14)3/h1-9,11-16H,10,17-18H2;2*5-11H,4H2,1-3H3/q-2;2*+1. The summed E-state index contributed by atoms with van der Waals surface area (Å²) in [6.45, 7) is 13.4. The molecule has 62 heavy (non-hydrogen) atoms. The lowest BCUT2D eigenvalue weighted by Gasteiger charge is -2.37. The molecule has 0 aliphatic carbocycles. The number of pyridine rings is 2. The first kappa shape index (κ1) is 46.6. The first-order valence-electron chi connectivity index (χ1n) is 21.0. The molecule has 0 bridgehead atoms. The highest BCUT2D eigenvalue weighted by Gasteiger charge is 2.35. The summed E-state index contributed by atoms with van der Waals surface area (Å²) < 4.78 is 19.8. The zero-order valence-corrected chi connectivity index (χ0v) is 36.6. The van der Waals surface area contributed by atoms with E-state index in [1.165, 1.54) is 27.8 Å². The van der Waals surface area contributed by atoms with Crippen LogP contribution in [0.5, 0.6) is 23.3 Å². The maximum absolute atomic E-state index is 10.7. The van der Waals surface area contributed by atoms with Gasteiger partial charge in [-0.15, -0.1) is 0 Å². The summed E-state index contributed by atoms with van der Waals surface area (Å²) in [6, 6.07) is 54.8. The smallest absolute Gasteiger partial charge is 0.422 e. The third-order valence-corrected chi connectivity index (χ3v) is 9.98. The largest absolute Gasteiger partial charge is 0.871 e. The van der Waals surface area contributed by atoms with Gasteiger partial charge in [0.15, 0.2) is 13.2 Å². The zero-order valence-electron chi connectivity index (χ0n) is 36.6. The quantitative estimate of drug-likeness (QED) is 0.0419. The Morgan fingerprint density at radius 3 is 1.26 bits per heavy atom. The highest BCUT2D eigenvalue weighted by atomic mass is 16.7. The van der Waals surface area contributed by atoms with Crippen molar-refractivity contribution in [3.8, 4) is 23.3 Å². The molecule has 0 saturated carbocycles. The molecular weight excluding hydrogens is 775 g/mol. The van der Waals surface area contributed by atoms with Gasteiger partial charge in [0.05, 0.1) is 19.5 Å². The van der Waals surface area contributed by atoms with Crippen molar-refractivity contribution < 1.29 is 43.3 Å². The molecule has 0 spiro atoms. The first-order chi connectivity index (χ1) is 30.1. The molecule has 320 valence electrons. The number of benzene rings is 5. The van der Waals surface area contributed by atoms with Crippen molar-refractivity contribution in [2.45, 2.75) is 59.8 Å². The number of ether oxygens (including phenoxy) is 2. The van der Waals surface area contributed by atoms with E-state index in [-0.39, 0.29) is 12.0 Å². The van der Waals surface area contributed by atoms with Crippen LogP contribution in [0.15, 0.2) is 176 Å². The molecule has 5 aromatic carbocycles. The van der Waals surface area contributed by atoms with Gasteiger partial charge in [0.2, 0.25) is 12.4 Å². The maximum atomic E-state index is 10.7. The monoisotopic (exact) mass is 832 g/mol. The van der Waals surface area contributed by atoms with Gasteiger partial charge >= 0.3 is 11.8 Å². The van der Waals surface area contributed by atoms with Crippen molar-refractivity contribution in [3.05, 3.63) is 215 Å². The Hall–Kier alpha value is -6.46. The summed E-state index contributed by atoms with van der Waals surface area (Å²) in [5, 5.41) is 21.4. The van der Waals surface area contributed by atoms with Crippen LogP contribution in [0.1, 0.15) is 65.6 Å². The lowest BCUT2D eigenvalue weighted by atomic mass is 9.67. The third kappa shape index (κ3) is 13.3. The van der Waals surface area contributed by atoms with Crippen LogP contribution >= 0.6 is 0 Å². The minimum absolute atomic E-state index is 0.159. The van der Waals surface area contributed by atoms with E-state index in [1.54, 1.807) is 9.46 Å². The summed E-state index contributed by atoms with van der Waals surface area (Å²) in [5.74, 6) is 3.06. The Balaban J connectivity index is 0.000000181. The summed E-state index contributed by atoms with van der Waals surface area (Å²) >= 11 is 0. The van der Waals surface area contributed by atoms with E-state index in [2.05, 4.69) is 60.7 Å². The Morgan fingerprint density at radius 1 is 0.500 bits per heavy atom. The molecule has 2 aromatic heterocycles. The second kappa shape index (κ2) is 24.1. The fourth-order valence-corrected chi connectivity index (χ4v) is 6.95. The maximum Gasteiger partial charge on any atom is 0.422 e. The number of hydrogen-bond acceptors (Lipinski definition) is 7. The van der Waals surface area contributed by atoms with Crippen molar-refractivity contribution >= 4 is 7.32 Å². The predicted molar refractivity (Wildman–Crippen MR) is 240 cm³/mol. The highest BCUT2D eigenvalue weighted by molar-refractivity contribution is 6.28. The fourth-order valence-electron chi connectivity index (χ4n) is 6.95. The van der Waals surface area contributed by atoms with E-state index in [9.17, 15) is 10.0 Å². The number of rotatable bonds is 16. The Bertz CT molecular complexity index is 2190. The molecule has 0 N–H and O–H groups in total. The topological polar surface area (TPSA) is 100 Å². The summed E-state index contributed by atoms with van der Waals surface area (Å²) in [4.78, 5) is 10.9. The van der Waals surface area contributed by atoms with Gasteiger partial charge in [-0.1, -0.05) is 115 Å². The van der Waals surface area contributed by atoms with Crippen molar-refractivity contribution in [2.24, 2.45) is 0 Å². The number of aryl methyl sites for hydroxylation is 4. The van der Waals surface area contributed by atoms with E-state index >= 15 is 0 Å². The van der Waals surface area contributed by atoms with E-state index in [0.717, 1.165) is 29.0 Å². The molecule has 0 atom stereocenters. The van der Waals surface area contributed by atoms with Crippen molar-refractivity contribution in [1.29, 1.82) is 0 Å². The van der Waals surface area contributed by atoms with Crippen molar-refractivity contribution in [1.82, 2.24) is 0 Å².